The summed E-state index contributed by atoms with van der Waals surface area (Å²) < 4.78 is 6.03. The van der Waals surface area contributed by atoms with E-state index in [4.69, 9.17) is 9.73 Å². The minimum atomic E-state index is 0.666. The lowest BCUT2D eigenvalue weighted by molar-refractivity contribution is 0.283. The lowest BCUT2D eigenvalue weighted by atomic mass is 9.94. The van der Waals surface area contributed by atoms with Gasteiger partial charge in [0, 0.05) is 46.2 Å². The molecule has 1 N–H and O–H groups in total. The molecule has 4 heteroatoms. The summed E-state index contributed by atoms with van der Waals surface area (Å²) in [5.74, 6) is 1.04. The number of fused-ring (bicyclic) bond motifs is 4. The number of nitrogens with zero attached hydrogens (tertiary/aromatic N) is 2. The molecule has 1 saturated heterocycles. The van der Waals surface area contributed by atoms with Gasteiger partial charge in [-0.1, -0.05) is 50.9 Å². The van der Waals surface area contributed by atoms with Gasteiger partial charge in [0.25, 0.3) is 0 Å². The minimum absolute atomic E-state index is 0.666. The van der Waals surface area contributed by atoms with E-state index in [2.05, 4.69) is 85.4 Å². The van der Waals surface area contributed by atoms with Gasteiger partial charge in [-0.05, 0) is 60.5 Å². The Labute approximate surface area is 207 Å². The summed E-state index contributed by atoms with van der Waals surface area (Å²) in [6.45, 7) is 18.1. The van der Waals surface area contributed by atoms with Crippen LogP contribution < -0.4 is 15.9 Å². The van der Waals surface area contributed by atoms with Crippen LogP contribution in [0, 0.1) is 0 Å². The summed E-state index contributed by atoms with van der Waals surface area (Å²) in [7, 11) is 0. The molecule has 4 nitrogen and oxygen atoms in total. The van der Waals surface area contributed by atoms with Crippen LogP contribution >= 0.6 is 0 Å². The number of rotatable bonds is 7. The van der Waals surface area contributed by atoms with Gasteiger partial charge < -0.3 is 15.0 Å². The Bertz CT molecular complexity index is 1470. The highest BCUT2D eigenvalue weighted by atomic mass is 16.5. The summed E-state index contributed by atoms with van der Waals surface area (Å²) in [5, 5.41) is 8.11. The fraction of sp³-hybridized carbons (Fsp3) is 0.258. The fourth-order valence-corrected chi connectivity index (χ4v) is 5.14. The Kier molecular flexibility index (Phi) is 6.21. The van der Waals surface area contributed by atoms with E-state index in [1.807, 2.05) is 6.92 Å². The summed E-state index contributed by atoms with van der Waals surface area (Å²) in [5.41, 5.74) is 7.64. The standard InChI is InChI=1S/C31H33N3O/c1-6-30(35-7-2)28-18-24-16-23-17-25(32-20(3)19-34-21(4)12-13-22(34)5)14-15-29(23)33-31(24)27-11-9-8-10-26(27)28/h8-11,14-15,17-18,32H,3-7,12-13,16,19H2,1-2H3/b30-28+. The lowest BCUT2D eigenvalue weighted by Crippen LogP contribution is -2.23. The van der Waals surface area contributed by atoms with E-state index < -0.39 is 0 Å². The third kappa shape index (κ3) is 4.37. The summed E-state index contributed by atoms with van der Waals surface area (Å²) in [6.07, 6.45) is 3.64. The van der Waals surface area contributed by atoms with Gasteiger partial charge in [0.15, 0.2) is 0 Å². The molecule has 3 aromatic carbocycles. The highest BCUT2D eigenvalue weighted by molar-refractivity contribution is 5.85. The molecule has 35 heavy (non-hydrogen) atoms. The van der Waals surface area contributed by atoms with Crippen molar-refractivity contribution in [3.05, 3.63) is 107 Å². The van der Waals surface area contributed by atoms with Crippen molar-refractivity contribution in [3.8, 4) is 0 Å². The first-order valence-electron chi connectivity index (χ1n) is 12.4. The number of nitrogens with one attached hydrogen (secondary N) is 1. The van der Waals surface area contributed by atoms with Crippen molar-refractivity contribution in [2.75, 3.05) is 18.5 Å². The van der Waals surface area contributed by atoms with Crippen LogP contribution in [-0.2, 0) is 11.2 Å². The van der Waals surface area contributed by atoms with E-state index in [9.17, 15) is 0 Å². The van der Waals surface area contributed by atoms with Gasteiger partial charge in [0.05, 0.1) is 24.2 Å². The van der Waals surface area contributed by atoms with Gasteiger partial charge >= 0.3 is 0 Å². The number of likely N-dealkylation sites (tertiary alicyclic amines) is 1. The number of benzene rings is 3. The molecule has 178 valence electrons. The third-order valence-electron chi connectivity index (χ3n) is 6.86. The Hall–Kier alpha value is -3.79. The Morgan fingerprint density at radius 3 is 2.46 bits per heavy atom. The smallest absolute Gasteiger partial charge is 0.103 e. The second kappa shape index (κ2) is 9.46. The molecule has 0 atom stereocenters. The zero-order chi connectivity index (χ0) is 24.5. The highest BCUT2D eigenvalue weighted by Gasteiger charge is 2.20. The molecule has 1 fully saturated rings. The summed E-state index contributed by atoms with van der Waals surface area (Å²) >= 11 is 0. The maximum absolute atomic E-state index is 6.03. The number of hydrogen-bond acceptors (Lipinski definition) is 4. The van der Waals surface area contributed by atoms with Gasteiger partial charge in [-0.25, -0.2) is 4.99 Å². The van der Waals surface area contributed by atoms with Crippen molar-refractivity contribution in [1.82, 2.24) is 4.90 Å². The van der Waals surface area contributed by atoms with Gasteiger partial charge in [0.1, 0.15) is 5.76 Å². The summed E-state index contributed by atoms with van der Waals surface area (Å²) in [6, 6.07) is 17.2. The van der Waals surface area contributed by atoms with Crippen LogP contribution in [0.1, 0.15) is 44.2 Å². The molecular weight excluding hydrogens is 430 g/mol. The summed E-state index contributed by atoms with van der Waals surface area (Å²) in [4.78, 5) is 7.26. The van der Waals surface area contributed by atoms with E-state index in [-0.39, 0.29) is 0 Å². The van der Waals surface area contributed by atoms with Gasteiger partial charge in [0.2, 0.25) is 0 Å². The molecule has 2 aliphatic rings. The third-order valence-corrected chi connectivity index (χ3v) is 6.86. The molecule has 0 saturated carbocycles. The molecule has 0 unspecified atom stereocenters. The number of anilines is 1. The van der Waals surface area contributed by atoms with Crippen LogP contribution in [0.25, 0.3) is 16.5 Å². The van der Waals surface area contributed by atoms with Crippen molar-refractivity contribution in [2.24, 2.45) is 4.99 Å². The van der Waals surface area contributed by atoms with E-state index >= 15 is 0 Å². The SMILES string of the molecule is C=C(CN1C(=C)CCC1=C)Nc1ccc2c(c1)Cc1c/c(=C(/CC)OCC)c3ccccc3c1=N2. The molecule has 0 amide bonds. The van der Waals surface area contributed by atoms with E-state index in [0.29, 0.717) is 13.2 Å². The monoisotopic (exact) mass is 463 g/mol. The number of hydrogen-bond donors (Lipinski definition) is 1. The first kappa shape index (κ1) is 23.0. The molecule has 2 aliphatic heterocycles. The molecule has 0 bridgehead atoms. The van der Waals surface area contributed by atoms with Crippen molar-refractivity contribution in [1.29, 1.82) is 0 Å². The first-order valence-corrected chi connectivity index (χ1v) is 12.4. The molecule has 0 radical (unpaired) electrons. The predicted molar refractivity (Wildman–Crippen MR) is 146 cm³/mol. The average molecular weight is 464 g/mol. The van der Waals surface area contributed by atoms with Crippen LogP contribution in [0.15, 0.2) is 90.4 Å². The number of ether oxygens (including phenoxy) is 1. The Balaban J connectivity index is 1.50. The molecule has 0 aliphatic carbocycles. The molecule has 3 aromatic rings. The van der Waals surface area contributed by atoms with Crippen LogP contribution in [0.5, 0.6) is 0 Å². The van der Waals surface area contributed by atoms with Crippen molar-refractivity contribution >= 4 is 27.9 Å². The highest BCUT2D eigenvalue weighted by Crippen LogP contribution is 2.31. The van der Waals surface area contributed by atoms with Crippen LogP contribution in [0.2, 0.25) is 0 Å². The first-order chi connectivity index (χ1) is 17.0. The normalized spacial score (nSPS) is 15.4. The van der Waals surface area contributed by atoms with Crippen molar-refractivity contribution in [2.45, 2.75) is 39.5 Å². The molecule has 2 heterocycles. The predicted octanol–water partition coefficient (Wildman–Crippen LogP) is 6.30. The van der Waals surface area contributed by atoms with Crippen LogP contribution in [0.3, 0.4) is 0 Å². The average Bonchev–Trinajstić information content (AvgIpc) is 3.17. The quantitative estimate of drug-likeness (QED) is 0.349. The molecule has 0 aromatic heterocycles. The van der Waals surface area contributed by atoms with E-state index in [1.165, 1.54) is 27.1 Å². The van der Waals surface area contributed by atoms with Crippen LogP contribution in [-0.4, -0.2) is 18.1 Å². The fourth-order valence-electron chi connectivity index (χ4n) is 5.14. The van der Waals surface area contributed by atoms with Crippen LogP contribution in [0.4, 0.5) is 11.4 Å². The van der Waals surface area contributed by atoms with Gasteiger partial charge in [-0.15, -0.1) is 0 Å². The van der Waals surface area contributed by atoms with E-state index in [0.717, 1.165) is 65.3 Å². The van der Waals surface area contributed by atoms with Gasteiger partial charge in [-0.2, -0.15) is 0 Å². The largest absolute Gasteiger partial charge is 0.498 e. The molecule has 5 rings (SSSR count). The Morgan fingerprint density at radius 2 is 1.74 bits per heavy atom. The van der Waals surface area contributed by atoms with Gasteiger partial charge in [-0.3, -0.25) is 0 Å². The zero-order valence-electron chi connectivity index (χ0n) is 20.8. The maximum atomic E-state index is 6.03. The zero-order valence-corrected chi connectivity index (χ0v) is 20.8. The Morgan fingerprint density at radius 1 is 1.00 bits per heavy atom. The number of allylic oxidation sites excluding steroid dienone is 2. The van der Waals surface area contributed by atoms with Crippen molar-refractivity contribution < 1.29 is 4.74 Å². The second-order valence-electron chi connectivity index (χ2n) is 9.27. The minimum Gasteiger partial charge on any atom is -0.498 e. The van der Waals surface area contributed by atoms with Crippen molar-refractivity contribution in [3.63, 3.8) is 0 Å². The maximum Gasteiger partial charge on any atom is 0.103 e. The second-order valence-corrected chi connectivity index (χ2v) is 9.27. The molecular formula is C31H33N3O. The lowest BCUT2D eigenvalue weighted by Gasteiger charge is -2.23. The molecule has 0 spiro atoms. The topological polar surface area (TPSA) is 36.9 Å². The van der Waals surface area contributed by atoms with E-state index in [1.54, 1.807) is 0 Å².